The van der Waals surface area contributed by atoms with E-state index in [0.717, 1.165) is 59.6 Å². The molecular formula is C48H62N2O8S. The van der Waals surface area contributed by atoms with Crippen molar-refractivity contribution in [3.05, 3.63) is 114 Å². The fraction of sp³-hybridized carbons (Fsp3) is 0.500. The Kier molecular flexibility index (Phi) is 16.8. The van der Waals surface area contributed by atoms with Crippen molar-refractivity contribution in [3.63, 3.8) is 0 Å². The van der Waals surface area contributed by atoms with Gasteiger partial charge < -0.3 is 34.0 Å². The summed E-state index contributed by atoms with van der Waals surface area (Å²) < 4.78 is 26.9. The van der Waals surface area contributed by atoms with Gasteiger partial charge in [0.25, 0.3) is 0 Å². The monoisotopic (exact) mass is 826 g/mol. The Morgan fingerprint density at radius 3 is 2.46 bits per heavy atom. The molecule has 6 atom stereocenters. The van der Waals surface area contributed by atoms with Gasteiger partial charge in [-0.2, -0.15) is 0 Å². The molecule has 10 nitrogen and oxygen atoms in total. The van der Waals surface area contributed by atoms with E-state index in [2.05, 4.69) is 30.9 Å². The molecule has 6 rings (SSSR count). The average Bonchev–Trinajstić information content (AvgIpc) is 3.26. The molecule has 0 aromatic heterocycles. The van der Waals surface area contributed by atoms with Crippen molar-refractivity contribution in [2.24, 2.45) is 22.9 Å². The molecule has 0 spiro atoms. The van der Waals surface area contributed by atoms with Gasteiger partial charge in [-0.25, -0.2) is 4.79 Å². The number of oxime groups is 1. The predicted molar refractivity (Wildman–Crippen MR) is 233 cm³/mol. The van der Waals surface area contributed by atoms with Crippen LogP contribution in [-0.4, -0.2) is 84.1 Å². The zero-order valence-electron chi connectivity index (χ0n) is 34.7. The van der Waals surface area contributed by atoms with Crippen LogP contribution >= 0.6 is 11.8 Å². The van der Waals surface area contributed by atoms with Crippen molar-refractivity contribution in [2.45, 2.75) is 94.5 Å². The minimum atomic E-state index is -1.34. The van der Waals surface area contributed by atoms with Gasteiger partial charge >= 0.3 is 6.09 Å². The lowest BCUT2D eigenvalue weighted by Crippen LogP contribution is -2.70. The molecular weight excluding hydrogens is 765 g/mol. The number of ether oxygens (including phenoxy) is 4. The molecule has 318 valence electrons. The fourth-order valence-corrected chi connectivity index (χ4v) is 9.89. The number of rotatable bonds is 23. The molecule has 3 aliphatic rings. The van der Waals surface area contributed by atoms with Crippen molar-refractivity contribution in [3.8, 4) is 11.5 Å². The molecule has 1 fully saturated rings. The first-order valence-electron chi connectivity index (χ1n) is 21.5. The molecule has 3 aromatic rings. The Balaban J connectivity index is 1.47. The van der Waals surface area contributed by atoms with Crippen molar-refractivity contribution in [1.82, 2.24) is 4.90 Å². The number of carbonyl (C=O) groups is 1. The number of aliphatic hydroxyl groups excluding tert-OH is 2. The van der Waals surface area contributed by atoms with Gasteiger partial charge in [-0.05, 0) is 92.3 Å². The molecule has 2 N–H and O–H groups in total. The standard InChI is InChI=1S/C48H62N2O8S/c1-4-25-50(47(53)55-34-35-17-9-7-10-18-35)44-33-42(49-57-6-3)40-31-36(19-13-15-26-51)39(22-14-16-27-52)45-41-32-37(54-29-30-59-38-20-11-8-12-21-38)23-24-43(41)58-48(44,46(40)45)56-28-5-2/h5,7-12,17-18,20-21,23-24,31-32,36,39,44-46,51-52H,2,4,6,13-16,19,22,25-30,33-34H2,1,3H3/t36-,39+,44-,45+,46+,48+/m0/s1. The Morgan fingerprint density at radius 1 is 1.00 bits per heavy atom. The molecule has 1 aliphatic heterocycles. The zero-order chi connectivity index (χ0) is 41.5. The molecule has 0 bridgehead atoms. The molecule has 0 radical (unpaired) electrons. The van der Waals surface area contributed by atoms with E-state index in [4.69, 9.17) is 28.9 Å². The van der Waals surface area contributed by atoms with Crippen LogP contribution in [0.1, 0.15) is 82.3 Å². The Morgan fingerprint density at radius 2 is 1.75 bits per heavy atom. The molecule has 59 heavy (non-hydrogen) atoms. The van der Waals surface area contributed by atoms with Crippen LogP contribution in [0.4, 0.5) is 4.79 Å². The number of benzene rings is 3. The summed E-state index contributed by atoms with van der Waals surface area (Å²) in [6.07, 6.45) is 9.46. The minimum Gasteiger partial charge on any atom is -0.493 e. The van der Waals surface area contributed by atoms with Gasteiger partial charge in [0.1, 0.15) is 30.8 Å². The predicted octanol–water partition coefficient (Wildman–Crippen LogP) is 9.56. The van der Waals surface area contributed by atoms with Gasteiger partial charge in [0.15, 0.2) is 0 Å². The van der Waals surface area contributed by atoms with Crippen LogP contribution < -0.4 is 9.47 Å². The van der Waals surface area contributed by atoms with Gasteiger partial charge in [0.2, 0.25) is 5.79 Å². The first kappa shape index (κ1) is 44.3. The van der Waals surface area contributed by atoms with Crippen LogP contribution in [0, 0.1) is 17.8 Å². The second-order valence-corrected chi connectivity index (χ2v) is 16.6. The van der Waals surface area contributed by atoms with E-state index in [1.807, 2.05) is 74.5 Å². The molecule has 0 saturated heterocycles. The van der Waals surface area contributed by atoms with Gasteiger partial charge in [-0.15, -0.1) is 18.3 Å². The number of aliphatic hydroxyl groups is 2. The molecule has 3 aromatic carbocycles. The smallest absolute Gasteiger partial charge is 0.410 e. The number of unbranched alkanes of at least 4 members (excludes halogenated alkanes) is 2. The van der Waals surface area contributed by atoms with E-state index in [9.17, 15) is 15.0 Å². The van der Waals surface area contributed by atoms with Gasteiger partial charge in [0.05, 0.1) is 24.8 Å². The second kappa shape index (κ2) is 22.4. The van der Waals surface area contributed by atoms with Gasteiger partial charge in [-0.1, -0.05) is 85.6 Å². The summed E-state index contributed by atoms with van der Waals surface area (Å²) in [5, 5.41) is 24.6. The highest BCUT2D eigenvalue weighted by Gasteiger charge is 2.65. The number of thioether (sulfide) groups is 1. The average molecular weight is 827 g/mol. The molecule has 1 saturated carbocycles. The number of nitrogens with zero attached hydrogens (tertiary/aromatic N) is 2. The lowest BCUT2D eigenvalue weighted by molar-refractivity contribution is -0.255. The third-order valence-electron chi connectivity index (χ3n) is 11.6. The van der Waals surface area contributed by atoms with Crippen LogP contribution in [-0.2, 0) is 20.9 Å². The summed E-state index contributed by atoms with van der Waals surface area (Å²) in [4.78, 5) is 23.3. The lowest BCUT2D eigenvalue weighted by atomic mass is 9.55. The number of hydrogen-bond donors (Lipinski definition) is 2. The topological polar surface area (TPSA) is 119 Å². The quantitative estimate of drug-likeness (QED) is 0.0417. The highest BCUT2D eigenvalue weighted by atomic mass is 32.2. The van der Waals surface area contributed by atoms with Gasteiger partial charge in [0, 0.05) is 48.3 Å². The molecule has 11 heteroatoms. The van der Waals surface area contributed by atoms with Crippen molar-refractivity contribution in [1.29, 1.82) is 0 Å². The fourth-order valence-electron chi connectivity index (χ4n) is 9.13. The van der Waals surface area contributed by atoms with Crippen molar-refractivity contribution >= 4 is 23.6 Å². The van der Waals surface area contributed by atoms with Crippen molar-refractivity contribution < 1.29 is 38.8 Å². The third-order valence-corrected chi connectivity index (χ3v) is 12.6. The second-order valence-electron chi connectivity index (χ2n) is 15.4. The number of fused-ring (bicyclic) bond motifs is 2. The van der Waals surface area contributed by atoms with Crippen LogP contribution in [0.25, 0.3) is 0 Å². The first-order chi connectivity index (χ1) is 29.0. The summed E-state index contributed by atoms with van der Waals surface area (Å²) in [6, 6.07) is 25.5. The maximum atomic E-state index is 14.4. The summed E-state index contributed by atoms with van der Waals surface area (Å²) in [7, 11) is 0. The molecule has 2 aliphatic carbocycles. The summed E-state index contributed by atoms with van der Waals surface area (Å²) in [6.45, 7) is 9.89. The van der Waals surface area contributed by atoms with E-state index in [-0.39, 0.29) is 44.2 Å². The Labute approximate surface area is 354 Å². The molecule has 0 unspecified atom stereocenters. The Hall–Kier alpha value is -4.29. The maximum Gasteiger partial charge on any atom is 0.410 e. The van der Waals surface area contributed by atoms with E-state index in [1.54, 1.807) is 22.7 Å². The zero-order valence-corrected chi connectivity index (χ0v) is 35.5. The number of carbonyl (C=O) groups excluding carboxylic acids is 1. The van der Waals surface area contributed by atoms with E-state index in [0.29, 0.717) is 51.2 Å². The first-order valence-corrected chi connectivity index (χ1v) is 22.4. The largest absolute Gasteiger partial charge is 0.493 e. The summed E-state index contributed by atoms with van der Waals surface area (Å²) >= 11 is 1.76. The normalized spacial score (nSPS) is 23.6. The number of allylic oxidation sites excluding steroid dienone is 1. The lowest BCUT2D eigenvalue weighted by Gasteiger charge is -2.59. The van der Waals surface area contributed by atoms with Crippen molar-refractivity contribution in [2.75, 3.05) is 45.3 Å². The van der Waals surface area contributed by atoms with Crippen LogP contribution in [0.15, 0.2) is 113 Å². The molecule has 1 amide bonds. The highest BCUT2D eigenvalue weighted by Crippen LogP contribution is 2.62. The van der Waals surface area contributed by atoms with Crippen LogP contribution in [0.2, 0.25) is 0 Å². The maximum absolute atomic E-state index is 14.4. The number of hydrogen-bond acceptors (Lipinski definition) is 10. The third kappa shape index (κ3) is 10.7. The SMILES string of the molecule is C=CCO[C@@]12Oc3ccc(OCCSc4ccccc4)cc3[C@H]3[C@H](CCCCO)[C@@H](CCCCO)C=C(C(=NOCC)C[C@@H]1N(CCC)C(=O)OCc1ccccc1)[C@H]32. The highest BCUT2D eigenvalue weighted by molar-refractivity contribution is 7.99. The van der Waals surface area contributed by atoms with Crippen LogP contribution in [0.5, 0.6) is 11.5 Å². The number of amides is 1. The van der Waals surface area contributed by atoms with E-state index >= 15 is 0 Å². The Bertz CT molecular complexity index is 1840. The van der Waals surface area contributed by atoms with E-state index < -0.39 is 23.8 Å². The van der Waals surface area contributed by atoms with E-state index in [1.165, 1.54) is 4.90 Å². The van der Waals surface area contributed by atoms with Crippen LogP contribution in [0.3, 0.4) is 0 Å². The molecule has 1 heterocycles. The minimum absolute atomic E-state index is 0.115. The summed E-state index contributed by atoms with van der Waals surface area (Å²) in [5.74, 6) is 0.611. The summed E-state index contributed by atoms with van der Waals surface area (Å²) in [5.41, 5.74) is 3.69. The van der Waals surface area contributed by atoms with Gasteiger partial charge in [-0.3, -0.25) is 4.90 Å².